The number of aliphatic hydroxyl groups excluding tert-OH is 1. The van der Waals surface area contributed by atoms with E-state index in [1.807, 2.05) is 52.8 Å². The highest BCUT2D eigenvalue weighted by Crippen LogP contribution is 2.44. The van der Waals surface area contributed by atoms with Gasteiger partial charge >= 0.3 is 0 Å². The fraction of sp³-hybridized carbons (Fsp3) is 0.385. The van der Waals surface area contributed by atoms with Crippen LogP contribution in [0.1, 0.15) is 49.9 Å². The summed E-state index contributed by atoms with van der Waals surface area (Å²) in [7, 11) is 1.56. The molecule has 1 unspecified atom stereocenters. The first-order chi connectivity index (χ1) is 15.2. The number of hydrogen-bond acceptors (Lipinski definition) is 5. The van der Waals surface area contributed by atoms with Crippen molar-refractivity contribution in [1.29, 1.82) is 0 Å². The molecule has 0 saturated heterocycles. The van der Waals surface area contributed by atoms with E-state index in [2.05, 4.69) is 0 Å². The van der Waals surface area contributed by atoms with Gasteiger partial charge in [0.05, 0.1) is 25.3 Å². The van der Waals surface area contributed by atoms with E-state index in [0.717, 1.165) is 11.1 Å². The van der Waals surface area contributed by atoms with Crippen LogP contribution in [0.3, 0.4) is 0 Å². The Morgan fingerprint density at radius 3 is 2.50 bits per heavy atom. The van der Waals surface area contributed by atoms with Crippen molar-refractivity contribution in [2.45, 2.75) is 47.1 Å². The van der Waals surface area contributed by atoms with E-state index in [1.54, 1.807) is 25.3 Å². The molecule has 170 valence electrons. The normalized spacial score (nSPS) is 16.2. The molecule has 2 aromatic carbocycles. The topological polar surface area (TPSA) is 76.1 Å². The molecule has 0 spiro atoms. The van der Waals surface area contributed by atoms with E-state index in [0.29, 0.717) is 29.4 Å². The molecule has 6 heteroatoms. The van der Waals surface area contributed by atoms with Gasteiger partial charge in [0.2, 0.25) is 0 Å². The van der Waals surface area contributed by atoms with E-state index < -0.39 is 17.7 Å². The summed E-state index contributed by atoms with van der Waals surface area (Å²) < 4.78 is 11.1. The van der Waals surface area contributed by atoms with Gasteiger partial charge in [-0.3, -0.25) is 14.5 Å². The minimum Gasteiger partial charge on any atom is -0.503 e. The highest BCUT2D eigenvalue weighted by atomic mass is 16.5. The Bertz CT molecular complexity index is 1070. The Morgan fingerprint density at radius 2 is 1.88 bits per heavy atom. The molecule has 1 amide bonds. The lowest BCUT2D eigenvalue weighted by Gasteiger charge is -2.29. The Labute approximate surface area is 189 Å². The van der Waals surface area contributed by atoms with Gasteiger partial charge in [-0.2, -0.15) is 0 Å². The monoisotopic (exact) mass is 437 g/mol. The van der Waals surface area contributed by atoms with Gasteiger partial charge in [0.25, 0.3) is 5.91 Å². The molecule has 0 fully saturated rings. The molecule has 1 aliphatic heterocycles. The van der Waals surface area contributed by atoms with Crippen molar-refractivity contribution in [3.8, 4) is 11.5 Å². The SMILES string of the molecule is CCOc1cc(C2C(C(=O)CC(C)C)=C(O)C(=O)N2c2cccc(C)c2C)ccc1OC. The zero-order valence-electron chi connectivity index (χ0n) is 19.6. The quantitative estimate of drug-likeness (QED) is 0.612. The number of amides is 1. The van der Waals surface area contributed by atoms with Gasteiger partial charge in [-0.15, -0.1) is 0 Å². The smallest absolute Gasteiger partial charge is 0.294 e. The van der Waals surface area contributed by atoms with Crippen LogP contribution in [-0.2, 0) is 9.59 Å². The van der Waals surface area contributed by atoms with Gasteiger partial charge in [0.15, 0.2) is 23.0 Å². The van der Waals surface area contributed by atoms with Crippen LogP contribution >= 0.6 is 0 Å². The number of ketones is 1. The van der Waals surface area contributed by atoms with Crippen molar-refractivity contribution in [3.05, 3.63) is 64.4 Å². The molecule has 32 heavy (non-hydrogen) atoms. The second kappa shape index (κ2) is 9.47. The summed E-state index contributed by atoms with van der Waals surface area (Å²) in [5.41, 5.74) is 3.37. The molecule has 6 nitrogen and oxygen atoms in total. The Kier molecular flexibility index (Phi) is 6.92. The fourth-order valence-electron chi connectivity index (χ4n) is 4.06. The average Bonchev–Trinajstić information content (AvgIpc) is 3.00. The second-order valence-electron chi connectivity index (χ2n) is 8.42. The van der Waals surface area contributed by atoms with Crippen molar-refractivity contribution < 1.29 is 24.2 Å². The summed E-state index contributed by atoms with van der Waals surface area (Å²) in [6.45, 7) is 10.1. The van der Waals surface area contributed by atoms with Gasteiger partial charge < -0.3 is 14.6 Å². The minimum atomic E-state index is -0.764. The number of anilines is 1. The maximum atomic E-state index is 13.3. The lowest BCUT2D eigenvalue weighted by atomic mass is 9.91. The third-order valence-electron chi connectivity index (χ3n) is 5.74. The lowest BCUT2D eigenvalue weighted by Crippen LogP contribution is -2.32. The Balaban J connectivity index is 2.23. The number of aryl methyl sites for hydroxylation is 1. The molecule has 1 atom stereocenters. The van der Waals surface area contributed by atoms with E-state index in [1.165, 1.54) is 4.90 Å². The number of rotatable bonds is 8. The highest BCUT2D eigenvalue weighted by Gasteiger charge is 2.45. The zero-order valence-corrected chi connectivity index (χ0v) is 19.6. The molecular formula is C26H31NO5. The average molecular weight is 438 g/mol. The van der Waals surface area contributed by atoms with Gasteiger partial charge in [0.1, 0.15) is 0 Å². The standard InChI is InChI=1S/C26H31NO5/c1-7-32-22-14-18(11-12-21(22)31-6)24-23(20(28)13-15(2)3)25(29)26(30)27(24)19-10-8-9-16(4)17(19)5/h8-12,14-15,24,29H,7,13H2,1-6H3. The van der Waals surface area contributed by atoms with Crippen LogP contribution in [0.2, 0.25) is 0 Å². The molecular weight excluding hydrogens is 406 g/mol. The summed E-state index contributed by atoms with van der Waals surface area (Å²) in [6, 6.07) is 10.2. The molecule has 1 aliphatic rings. The van der Waals surface area contributed by atoms with Crippen molar-refractivity contribution in [2.24, 2.45) is 5.92 Å². The van der Waals surface area contributed by atoms with Crippen LogP contribution < -0.4 is 14.4 Å². The Hall–Kier alpha value is -3.28. The number of methoxy groups -OCH3 is 1. The summed E-state index contributed by atoms with van der Waals surface area (Å²) in [6.07, 6.45) is 0.234. The van der Waals surface area contributed by atoms with Crippen LogP contribution in [0.15, 0.2) is 47.7 Å². The number of carbonyl (C=O) groups is 2. The second-order valence-corrected chi connectivity index (χ2v) is 8.42. The van der Waals surface area contributed by atoms with E-state index in [-0.39, 0.29) is 23.7 Å². The van der Waals surface area contributed by atoms with Crippen molar-refractivity contribution >= 4 is 17.4 Å². The highest BCUT2D eigenvalue weighted by molar-refractivity contribution is 6.16. The van der Waals surface area contributed by atoms with Crippen LogP contribution in [0.5, 0.6) is 11.5 Å². The maximum absolute atomic E-state index is 13.3. The number of aliphatic hydroxyl groups is 1. The number of hydrogen-bond donors (Lipinski definition) is 1. The number of Topliss-reactive ketones (excluding diaryl/α,β-unsaturated/α-hetero) is 1. The van der Waals surface area contributed by atoms with Crippen molar-refractivity contribution in [3.63, 3.8) is 0 Å². The van der Waals surface area contributed by atoms with E-state index >= 15 is 0 Å². The largest absolute Gasteiger partial charge is 0.503 e. The predicted octanol–water partition coefficient (Wildman–Crippen LogP) is 5.23. The first-order valence-corrected chi connectivity index (χ1v) is 10.9. The van der Waals surface area contributed by atoms with Gasteiger partial charge in [0, 0.05) is 12.1 Å². The van der Waals surface area contributed by atoms with E-state index in [4.69, 9.17) is 9.47 Å². The van der Waals surface area contributed by atoms with Gasteiger partial charge in [-0.25, -0.2) is 0 Å². The van der Waals surface area contributed by atoms with Crippen molar-refractivity contribution in [1.82, 2.24) is 0 Å². The Morgan fingerprint density at radius 1 is 1.16 bits per heavy atom. The van der Waals surface area contributed by atoms with Crippen LogP contribution in [0, 0.1) is 19.8 Å². The summed E-state index contributed by atoms with van der Waals surface area (Å²) in [5, 5.41) is 10.8. The van der Waals surface area contributed by atoms with Crippen LogP contribution in [-0.4, -0.2) is 30.5 Å². The van der Waals surface area contributed by atoms with E-state index in [9.17, 15) is 14.7 Å². The molecule has 3 rings (SSSR count). The number of carbonyl (C=O) groups excluding carboxylic acids is 2. The third kappa shape index (κ3) is 4.22. The molecule has 0 aromatic heterocycles. The summed E-state index contributed by atoms with van der Waals surface area (Å²) in [5.74, 6) is -0.148. The molecule has 2 aromatic rings. The third-order valence-corrected chi connectivity index (χ3v) is 5.74. The molecule has 0 radical (unpaired) electrons. The first-order valence-electron chi connectivity index (χ1n) is 10.9. The van der Waals surface area contributed by atoms with Gasteiger partial charge in [-0.05, 0) is 61.6 Å². The fourth-order valence-corrected chi connectivity index (χ4v) is 4.06. The summed E-state index contributed by atoms with van der Waals surface area (Å²) in [4.78, 5) is 28.0. The van der Waals surface area contributed by atoms with Crippen LogP contribution in [0.4, 0.5) is 5.69 Å². The zero-order chi connectivity index (χ0) is 23.6. The lowest BCUT2D eigenvalue weighted by molar-refractivity contribution is -0.118. The molecule has 1 N–H and O–H groups in total. The number of nitrogens with zero attached hydrogens (tertiary/aromatic N) is 1. The first kappa shape index (κ1) is 23.4. The van der Waals surface area contributed by atoms with Gasteiger partial charge in [-0.1, -0.05) is 32.0 Å². The molecule has 0 bridgehead atoms. The summed E-state index contributed by atoms with van der Waals surface area (Å²) >= 11 is 0. The predicted molar refractivity (Wildman–Crippen MR) is 124 cm³/mol. The molecule has 1 heterocycles. The van der Waals surface area contributed by atoms with Crippen molar-refractivity contribution in [2.75, 3.05) is 18.6 Å². The maximum Gasteiger partial charge on any atom is 0.294 e. The minimum absolute atomic E-state index is 0.0863. The molecule has 0 aliphatic carbocycles. The molecule has 0 saturated carbocycles. The van der Waals surface area contributed by atoms with Crippen LogP contribution in [0.25, 0.3) is 0 Å². The number of ether oxygens (including phenoxy) is 2. The number of benzene rings is 2.